The van der Waals surface area contributed by atoms with E-state index in [1.165, 1.54) is 4.90 Å². The van der Waals surface area contributed by atoms with E-state index in [0.717, 1.165) is 11.8 Å². The van der Waals surface area contributed by atoms with Gasteiger partial charge in [0.05, 0.1) is 5.75 Å². The number of benzene rings is 1. The summed E-state index contributed by atoms with van der Waals surface area (Å²) in [6.45, 7) is 0.288. The van der Waals surface area contributed by atoms with Gasteiger partial charge in [0.25, 0.3) is 0 Å². The molecule has 21 heavy (non-hydrogen) atoms. The van der Waals surface area contributed by atoms with Crippen LogP contribution in [-0.4, -0.2) is 48.9 Å². The number of hydrogen-bond donors (Lipinski definition) is 1. The highest BCUT2D eigenvalue weighted by atomic mass is 32.2. The van der Waals surface area contributed by atoms with Gasteiger partial charge >= 0.3 is 5.97 Å². The summed E-state index contributed by atoms with van der Waals surface area (Å²) in [7, 11) is -3.25. The molecule has 114 valence electrons. The molecule has 1 aliphatic heterocycles. The summed E-state index contributed by atoms with van der Waals surface area (Å²) in [5.41, 5.74) is 1.51. The number of carboxylic acids is 1. The Morgan fingerprint density at radius 1 is 1.33 bits per heavy atom. The van der Waals surface area contributed by atoms with E-state index in [9.17, 15) is 23.1 Å². The fraction of sp³-hybridized carbons (Fsp3) is 0.429. The monoisotopic (exact) mass is 311 g/mol. The first-order valence-corrected chi connectivity index (χ1v) is 8.63. The normalized spacial score (nSPS) is 18.1. The summed E-state index contributed by atoms with van der Waals surface area (Å²) < 4.78 is 22.3. The van der Waals surface area contributed by atoms with Crippen molar-refractivity contribution in [2.24, 2.45) is 0 Å². The second kappa shape index (κ2) is 5.85. The lowest BCUT2D eigenvalue weighted by Gasteiger charge is -2.34. The summed E-state index contributed by atoms with van der Waals surface area (Å²) in [5, 5.41) is 9.42. The Balaban J connectivity index is 2.24. The van der Waals surface area contributed by atoms with Crippen LogP contribution in [0.4, 0.5) is 0 Å². The molecule has 1 aromatic rings. The zero-order valence-corrected chi connectivity index (χ0v) is 12.5. The van der Waals surface area contributed by atoms with Gasteiger partial charge in [-0.1, -0.05) is 24.3 Å². The Kier molecular flexibility index (Phi) is 4.32. The first-order chi connectivity index (χ1) is 9.79. The Bertz CT molecular complexity index is 668. The van der Waals surface area contributed by atoms with Crippen LogP contribution in [-0.2, 0) is 25.8 Å². The highest BCUT2D eigenvalue weighted by Crippen LogP contribution is 2.30. The maximum absolute atomic E-state index is 12.2. The number of aliphatic carboxylic acids is 1. The minimum atomic E-state index is -3.25. The Hall–Kier alpha value is -1.89. The molecule has 1 atom stereocenters. The number of carbonyl (C=O) groups excluding carboxylic acids is 1. The van der Waals surface area contributed by atoms with Gasteiger partial charge in [-0.25, -0.2) is 13.2 Å². The molecule has 7 heteroatoms. The van der Waals surface area contributed by atoms with Crippen LogP contribution in [0.25, 0.3) is 0 Å². The van der Waals surface area contributed by atoms with E-state index < -0.39 is 27.8 Å². The van der Waals surface area contributed by atoms with Crippen molar-refractivity contribution < 1.29 is 23.1 Å². The predicted molar refractivity (Wildman–Crippen MR) is 76.6 cm³/mol. The zero-order valence-electron chi connectivity index (χ0n) is 11.7. The van der Waals surface area contributed by atoms with Gasteiger partial charge in [-0.3, -0.25) is 4.79 Å². The van der Waals surface area contributed by atoms with Crippen molar-refractivity contribution >= 4 is 21.7 Å². The summed E-state index contributed by atoms with van der Waals surface area (Å²) in [6, 6.07) is 6.08. The van der Waals surface area contributed by atoms with Crippen molar-refractivity contribution in [1.29, 1.82) is 0 Å². The van der Waals surface area contributed by atoms with Crippen LogP contribution in [0, 0.1) is 0 Å². The van der Waals surface area contributed by atoms with Crippen LogP contribution in [0.2, 0.25) is 0 Å². The molecule has 0 bridgehead atoms. The minimum Gasteiger partial charge on any atom is -0.479 e. The van der Waals surface area contributed by atoms with Crippen LogP contribution >= 0.6 is 0 Å². The molecule has 0 aromatic heterocycles. The predicted octanol–water partition coefficient (Wildman–Crippen LogP) is 0.632. The van der Waals surface area contributed by atoms with Crippen LogP contribution in [0.15, 0.2) is 24.3 Å². The van der Waals surface area contributed by atoms with Gasteiger partial charge in [0.15, 0.2) is 6.04 Å². The molecule has 1 N–H and O–H groups in total. The average molecular weight is 311 g/mol. The largest absolute Gasteiger partial charge is 0.479 e. The molecule has 0 radical (unpaired) electrons. The van der Waals surface area contributed by atoms with E-state index in [0.29, 0.717) is 12.0 Å². The maximum Gasteiger partial charge on any atom is 0.331 e. The van der Waals surface area contributed by atoms with Gasteiger partial charge < -0.3 is 10.0 Å². The Morgan fingerprint density at radius 2 is 2.00 bits per heavy atom. The molecule has 0 saturated heterocycles. The van der Waals surface area contributed by atoms with Crippen molar-refractivity contribution in [3.05, 3.63) is 35.4 Å². The second-order valence-electron chi connectivity index (χ2n) is 5.16. The summed E-state index contributed by atoms with van der Waals surface area (Å²) >= 11 is 0. The van der Waals surface area contributed by atoms with Crippen LogP contribution in [0.3, 0.4) is 0 Å². The quantitative estimate of drug-likeness (QED) is 0.880. The highest BCUT2D eigenvalue weighted by Gasteiger charge is 2.35. The zero-order chi connectivity index (χ0) is 15.6. The van der Waals surface area contributed by atoms with Crippen LogP contribution < -0.4 is 0 Å². The molecule has 1 aromatic carbocycles. The molecule has 0 spiro atoms. The van der Waals surface area contributed by atoms with E-state index in [-0.39, 0.29) is 18.7 Å². The van der Waals surface area contributed by atoms with Gasteiger partial charge in [0.1, 0.15) is 9.84 Å². The topological polar surface area (TPSA) is 91.8 Å². The lowest BCUT2D eigenvalue weighted by Crippen LogP contribution is -2.44. The van der Waals surface area contributed by atoms with E-state index in [1.807, 2.05) is 12.1 Å². The third-order valence-electron chi connectivity index (χ3n) is 3.52. The number of carbonyl (C=O) groups is 2. The Morgan fingerprint density at radius 3 is 2.62 bits per heavy atom. The van der Waals surface area contributed by atoms with Gasteiger partial charge in [0.2, 0.25) is 5.91 Å². The molecule has 0 saturated carbocycles. The number of carboxylic acid groups (broad SMARTS) is 1. The molecule has 1 unspecified atom stereocenters. The molecule has 1 aliphatic rings. The molecule has 1 heterocycles. The van der Waals surface area contributed by atoms with Gasteiger partial charge in [0, 0.05) is 19.2 Å². The third-order valence-corrected chi connectivity index (χ3v) is 4.47. The van der Waals surface area contributed by atoms with Crippen molar-refractivity contribution in [2.45, 2.75) is 18.9 Å². The number of nitrogens with zero attached hydrogens (tertiary/aromatic N) is 1. The van der Waals surface area contributed by atoms with Crippen molar-refractivity contribution in [3.63, 3.8) is 0 Å². The maximum atomic E-state index is 12.2. The van der Waals surface area contributed by atoms with Crippen LogP contribution in [0.1, 0.15) is 23.6 Å². The molecule has 6 nitrogen and oxygen atoms in total. The first-order valence-electron chi connectivity index (χ1n) is 6.57. The van der Waals surface area contributed by atoms with Crippen molar-refractivity contribution in [2.75, 3.05) is 18.6 Å². The minimum absolute atomic E-state index is 0.190. The summed E-state index contributed by atoms with van der Waals surface area (Å²) in [4.78, 5) is 24.9. The van der Waals surface area contributed by atoms with Gasteiger partial charge in [-0.05, 0) is 17.5 Å². The fourth-order valence-electron chi connectivity index (χ4n) is 2.52. The fourth-order valence-corrected chi connectivity index (χ4v) is 3.06. The van der Waals surface area contributed by atoms with E-state index in [4.69, 9.17) is 0 Å². The van der Waals surface area contributed by atoms with Gasteiger partial charge in [-0.15, -0.1) is 0 Å². The number of rotatable bonds is 4. The van der Waals surface area contributed by atoms with E-state index >= 15 is 0 Å². The van der Waals surface area contributed by atoms with E-state index in [2.05, 4.69) is 0 Å². The van der Waals surface area contributed by atoms with Crippen LogP contribution in [0.5, 0.6) is 0 Å². The standard InChI is InChI=1S/C14H17NO5S/c1-21(19,20)9-7-12(16)15-8-6-10-4-2-3-5-11(10)13(15)14(17)18/h2-5,13H,6-9H2,1H3,(H,17,18). The van der Waals surface area contributed by atoms with Crippen molar-refractivity contribution in [1.82, 2.24) is 4.90 Å². The second-order valence-corrected chi connectivity index (χ2v) is 7.42. The lowest BCUT2D eigenvalue weighted by molar-refractivity contribution is -0.151. The summed E-state index contributed by atoms with van der Waals surface area (Å²) in [6.07, 6.45) is 1.44. The lowest BCUT2D eigenvalue weighted by atomic mass is 9.92. The number of amides is 1. The molecule has 0 aliphatic carbocycles. The van der Waals surface area contributed by atoms with Crippen molar-refractivity contribution in [3.8, 4) is 0 Å². The highest BCUT2D eigenvalue weighted by molar-refractivity contribution is 7.90. The smallest absolute Gasteiger partial charge is 0.331 e. The third kappa shape index (κ3) is 3.60. The Labute approximate surface area is 123 Å². The van der Waals surface area contributed by atoms with E-state index in [1.54, 1.807) is 12.1 Å². The average Bonchev–Trinajstić information content (AvgIpc) is 2.42. The first kappa shape index (κ1) is 15.5. The summed E-state index contributed by atoms with van der Waals surface area (Å²) in [5.74, 6) is -1.81. The van der Waals surface area contributed by atoms with Gasteiger partial charge in [-0.2, -0.15) is 0 Å². The molecular weight excluding hydrogens is 294 g/mol. The SMILES string of the molecule is CS(=O)(=O)CCC(=O)N1CCc2ccccc2C1C(=O)O. The number of sulfone groups is 1. The number of hydrogen-bond acceptors (Lipinski definition) is 4. The number of fused-ring (bicyclic) bond motifs is 1. The molecule has 2 rings (SSSR count). The molecular formula is C14H17NO5S. The molecule has 1 amide bonds. The molecule has 0 fully saturated rings.